The minimum Gasteiger partial charge on any atom is -0.855 e. The van der Waals surface area contributed by atoms with Crippen molar-refractivity contribution in [1.29, 1.82) is 0 Å². The van der Waals surface area contributed by atoms with E-state index in [0.717, 1.165) is 0 Å². The fourth-order valence-corrected chi connectivity index (χ4v) is 0. The Bertz CT molecular complexity index is 112. The minimum atomic E-state index is -0.417. The van der Waals surface area contributed by atoms with Gasteiger partial charge in [-0.3, -0.25) is 0 Å². The third-order valence-corrected chi connectivity index (χ3v) is 0. The maximum atomic E-state index is 9.53. The van der Waals surface area contributed by atoms with Crippen molar-refractivity contribution in [1.82, 2.24) is 0 Å². The first kappa shape index (κ1) is 63.1. The zero-order valence-corrected chi connectivity index (χ0v) is 23.4. The molecular formula is C20H48O8Si2. The maximum absolute atomic E-state index is 9.53. The van der Waals surface area contributed by atoms with Gasteiger partial charge in [0.2, 0.25) is 0 Å². The molecule has 0 heterocycles. The largest absolute Gasteiger partial charge is 4.00 e. The van der Waals surface area contributed by atoms with Crippen LogP contribution in [0.4, 0.5) is 0 Å². The van der Waals surface area contributed by atoms with E-state index in [2.05, 4.69) is 0 Å². The van der Waals surface area contributed by atoms with E-state index in [-0.39, 0.29) is 48.4 Å². The van der Waals surface area contributed by atoms with Crippen LogP contribution in [-0.2, 0) is 0 Å². The van der Waals surface area contributed by atoms with Crippen LogP contribution in [0.25, 0.3) is 0 Å². The van der Waals surface area contributed by atoms with Crippen LogP contribution in [0.3, 0.4) is 0 Å². The van der Waals surface area contributed by atoms with Crippen LogP contribution in [0, 0.1) is 0 Å². The summed E-state index contributed by atoms with van der Waals surface area (Å²) in [7, 11) is 0. The standard InChI is InChI=1S/4C3H7O.4C2H5O.2Si/c4*1-3(2)4;4*1-2-3;;/h4*3H,1-2H3;4*2H2,1H3;;/q8*-1;2*+4. The van der Waals surface area contributed by atoms with Crippen molar-refractivity contribution < 1.29 is 40.9 Å². The van der Waals surface area contributed by atoms with Gasteiger partial charge in [0.05, 0.1) is 0 Å². The van der Waals surface area contributed by atoms with Gasteiger partial charge in [0.25, 0.3) is 0 Å². The van der Waals surface area contributed by atoms with E-state index in [4.69, 9.17) is 20.4 Å². The second-order valence-corrected chi connectivity index (χ2v) is 5.35. The second kappa shape index (κ2) is 88.6. The Morgan fingerprint density at radius 2 is 0.367 bits per heavy atom. The van der Waals surface area contributed by atoms with Crippen molar-refractivity contribution in [2.24, 2.45) is 0 Å². The van der Waals surface area contributed by atoms with Crippen molar-refractivity contribution in [3.63, 3.8) is 0 Å². The molecule has 0 aromatic carbocycles. The van der Waals surface area contributed by atoms with Gasteiger partial charge in [-0.05, 0) is 0 Å². The summed E-state index contributed by atoms with van der Waals surface area (Å²) in [6, 6.07) is 0. The summed E-state index contributed by atoms with van der Waals surface area (Å²) in [6.45, 7) is 19.2. The first-order valence-corrected chi connectivity index (χ1v) is 9.54. The monoisotopic (exact) mass is 472 g/mol. The van der Waals surface area contributed by atoms with E-state index in [9.17, 15) is 20.4 Å². The van der Waals surface area contributed by atoms with Crippen LogP contribution in [0.5, 0.6) is 0 Å². The van der Waals surface area contributed by atoms with Crippen LogP contribution < -0.4 is 40.9 Å². The van der Waals surface area contributed by atoms with E-state index in [1.165, 1.54) is 0 Å². The molecule has 0 aliphatic heterocycles. The normalized spacial score (nSPS) is 7.20. The molecule has 0 spiro atoms. The molecule has 30 heavy (non-hydrogen) atoms. The molecule has 0 atom stereocenters. The van der Waals surface area contributed by atoms with Crippen molar-refractivity contribution in [2.45, 2.75) is 108 Å². The van der Waals surface area contributed by atoms with E-state index >= 15 is 0 Å². The molecule has 0 aromatic rings. The Hall–Kier alpha value is 0.114. The Balaban J connectivity index is -0.0000000189. The van der Waals surface area contributed by atoms with Gasteiger partial charge in [0, 0.05) is 0 Å². The molecule has 184 valence electrons. The van der Waals surface area contributed by atoms with Crippen molar-refractivity contribution >= 4 is 21.9 Å². The summed E-state index contributed by atoms with van der Waals surface area (Å²) < 4.78 is 0. The quantitative estimate of drug-likeness (QED) is 0.317. The van der Waals surface area contributed by atoms with Gasteiger partial charge in [-0.15, -0.1) is 50.8 Å². The summed E-state index contributed by atoms with van der Waals surface area (Å²) in [5, 5.41) is 73.8. The van der Waals surface area contributed by atoms with Gasteiger partial charge in [0.1, 0.15) is 0 Å². The Morgan fingerprint density at radius 3 is 0.367 bits per heavy atom. The minimum absolute atomic E-state index is 0. The van der Waals surface area contributed by atoms with Gasteiger partial charge in [-0.1, -0.05) is 83.1 Å². The summed E-state index contributed by atoms with van der Waals surface area (Å²) in [5.74, 6) is 0. The van der Waals surface area contributed by atoms with E-state index in [1.54, 1.807) is 83.1 Å². The zero-order valence-electron chi connectivity index (χ0n) is 21.4. The zero-order chi connectivity index (χ0) is 25.1. The molecular weight excluding hydrogens is 424 g/mol. The molecule has 0 aromatic heterocycles. The first-order chi connectivity index (χ1) is 12.6. The van der Waals surface area contributed by atoms with Crippen LogP contribution >= 0.6 is 0 Å². The average Bonchev–Trinajstić information content (AvgIpc) is 2.38. The van der Waals surface area contributed by atoms with E-state index in [1.807, 2.05) is 0 Å². The predicted molar refractivity (Wildman–Crippen MR) is 114 cm³/mol. The molecule has 0 aliphatic rings. The summed E-state index contributed by atoms with van der Waals surface area (Å²) in [4.78, 5) is 0. The molecule has 0 rings (SSSR count). The molecule has 0 fully saturated rings. The predicted octanol–water partition coefficient (Wildman–Crippen LogP) is -4.27. The number of hydrogen-bond donors (Lipinski definition) is 0. The van der Waals surface area contributed by atoms with Crippen LogP contribution in [0.15, 0.2) is 0 Å². The Morgan fingerprint density at radius 1 is 0.367 bits per heavy atom. The molecule has 0 bridgehead atoms. The molecule has 0 unspecified atom stereocenters. The van der Waals surface area contributed by atoms with Gasteiger partial charge in [-0.25, -0.2) is 0 Å². The first-order valence-electron chi connectivity index (χ1n) is 9.54. The molecule has 0 saturated carbocycles. The van der Waals surface area contributed by atoms with Crippen LogP contribution in [0.2, 0.25) is 0 Å². The molecule has 0 aliphatic carbocycles. The van der Waals surface area contributed by atoms with Crippen molar-refractivity contribution in [3.05, 3.63) is 0 Å². The molecule has 0 N–H and O–H groups in total. The fourth-order valence-electron chi connectivity index (χ4n) is 0. The van der Waals surface area contributed by atoms with Crippen molar-refractivity contribution in [3.8, 4) is 0 Å². The number of rotatable bonds is 0. The van der Waals surface area contributed by atoms with Gasteiger partial charge in [0.15, 0.2) is 0 Å². The maximum Gasteiger partial charge on any atom is 4.00 e. The van der Waals surface area contributed by atoms with Crippen LogP contribution in [0.1, 0.15) is 83.1 Å². The Kier molecular flexibility index (Phi) is 186. The third-order valence-electron chi connectivity index (χ3n) is 0. The third kappa shape index (κ3) is 1600000. The fraction of sp³-hybridized carbons (Fsp3) is 1.00. The molecule has 0 amide bonds. The van der Waals surface area contributed by atoms with Gasteiger partial charge < -0.3 is 40.9 Å². The SMILES string of the molecule is CC(C)[O-].CC(C)[O-].CC(C)[O-].CC(C)[O-].CC[O-].CC[O-].CC[O-].CC[O-].[Si+4].[Si+4]. The average molecular weight is 473 g/mol. The second-order valence-electron chi connectivity index (χ2n) is 5.35. The molecule has 8 nitrogen and oxygen atoms in total. The van der Waals surface area contributed by atoms with Gasteiger partial charge in [-0.2, -0.15) is 0 Å². The van der Waals surface area contributed by atoms with Crippen LogP contribution in [-0.4, -0.2) is 72.8 Å². The number of hydrogen-bond acceptors (Lipinski definition) is 8. The molecule has 0 saturated heterocycles. The Labute approximate surface area is 197 Å². The molecule has 10 heteroatoms. The smallest absolute Gasteiger partial charge is 0.855 e. The summed E-state index contributed by atoms with van der Waals surface area (Å²) in [5.41, 5.74) is 0. The summed E-state index contributed by atoms with van der Waals surface area (Å²) in [6.07, 6.45) is -1.67. The topological polar surface area (TPSA) is 184 Å². The molecule has 0 radical (unpaired) electrons. The van der Waals surface area contributed by atoms with E-state index < -0.39 is 24.4 Å². The summed E-state index contributed by atoms with van der Waals surface area (Å²) >= 11 is 0. The van der Waals surface area contributed by atoms with Gasteiger partial charge >= 0.3 is 21.9 Å². The van der Waals surface area contributed by atoms with Crippen molar-refractivity contribution in [2.75, 3.05) is 26.4 Å². The van der Waals surface area contributed by atoms with E-state index in [0.29, 0.717) is 0 Å².